The highest BCUT2D eigenvalue weighted by Gasteiger charge is 2.50. The number of amides is 5. The molecule has 5 amide bonds. The normalized spacial score (nSPS) is 20.2. The van der Waals surface area contributed by atoms with E-state index in [0.717, 1.165) is 22.3 Å². The number of carbonyl (C=O) groups is 4. The summed E-state index contributed by atoms with van der Waals surface area (Å²) in [6, 6.07) is 19.1. The molecule has 1 heterocycles. The van der Waals surface area contributed by atoms with Crippen molar-refractivity contribution in [1.82, 2.24) is 10.2 Å². The molecule has 0 bridgehead atoms. The van der Waals surface area contributed by atoms with Crippen LogP contribution in [0, 0.1) is 32.6 Å². The molecule has 2 fully saturated rings. The number of hydrogen-bond donors (Lipinski definition) is 2. The summed E-state index contributed by atoms with van der Waals surface area (Å²) in [4.78, 5) is 56.9. The molecule has 1 aliphatic carbocycles. The SMILES string of the molecule is Cc1ccc(N2C(=O)C3CCC(C(=O)NCc4ccccc4Cl)CC3N(CC(=O)Nc3ccc(C)cc3C)C2=O)cc1. The molecule has 1 aliphatic heterocycles. The summed E-state index contributed by atoms with van der Waals surface area (Å²) in [5, 5.41) is 6.46. The van der Waals surface area contributed by atoms with E-state index in [2.05, 4.69) is 10.6 Å². The van der Waals surface area contributed by atoms with Gasteiger partial charge in [0.15, 0.2) is 0 Å². The van der Waals surface area contributed by atoms with Crippen LogP contribution in [-0.4, -0.2) is 41.2 Å². The zero-order chi connectivity index (χ0) is 30.0. The second-order valence-electron chi connectivity index (χ2n) is 11.3. The van der Waals surface area contributed by atoms with Gasteiger partial charge in [0.05, 0.1) is 11.6 Å². The molecule has 8 nitrogen and oxygen atoms in total. The van der Waals surface area contributed by atoms with Crippen LogP contribution in [0.3, 0.4) is 0 Å². The lowest BCUT2D eigenvalue weighted by Gasteiger charge is -2.47. The van der Waals surface area contributed by atoms with Crippen molar-refractivity contribution in [3.63, 3.8) is 0 Å². The maximum Gasteiger partial charge on any atom is 0.332 e. The molecule has 2 N–H and O–H groups in total. The molecule has 1 saturated heterocycles. The Hall–Kier alpha value is -4.17. The molecule has 3 unspecified atom stereocenters. The highest BCUT2D eigenvalue weighted by Crippen LogP contribution is 2.39. The molecule has 218 valence electrons. The zero-order valence-corrected chi connectivity index (χ0v) is 24.8. The Morgan fingerprint density at radius 2 is 1.64 bits per heavy atom. The molecule has 1 saturated carbocycles. The molecule has 0 spiro atoms. The Morgan fingerprint density at radius 3 is 2.36 bits per heavy atom. The molecule has 3 atom stereocenters. The minimum atomic E-state index is -0.582. The summed E-state index contributed by atoms with van der Waals surface area (Å²) in [6.07, 6.45) is 1.22. The van der Waals surface area contributed by atoms with Crippen LogP contribution in [0.25, 0.3) is 0 Å². The first kappa shape index (κ1) is 29.3. The van der Waals surface area contributed by atoms with Crippen molar-refractivity contribution in [2.75, 3.05) is 16.8 Å². The number of anilines is 2. The number of fused-ring (bicyclic) bond motifs is 1. The highest BCUT2D eigenvalue weighted by molar-refractivity contribution is 6.31. The number of carbonyl (C=O) groups excluding carboxylic acids is 4. The van der Waals surface area contributed by atoms with Crippen molar-refractivity contribution in [3.8, 4) is 0 Å². The van der Waals surface area contributed by atoms with Gasteiger partial charge in [0.2, 0.25) is 17.7 Å². The van der Waals surface area contributed by atoms with Crippen LogP contribution < -0.4 is 15.5 Å². The van der Waals surface area contributed by atoms with Crippen LogP contribution in [0.1, 0.15) is 41.5 Å². The lowest BCUT2D eigenvalue weighted by atomic mass is 9.75. The number of nitrogens with one attached hydrogen (secondary N) is 2. The molecule has 5 rings (SSSR count). The Balaban J connectivity index is 1.37. The van der Waals surface area contributed by atoms with Crippen molar-refractivity contribution in [2.45, 2.75) is 52.6 Å². The fourth-order valence-corrected chi connectivity index (χ4v) is 6.13. The van der Waals surface area contributed by atoms with Gasteiger partial charge in [0.25, 0.3) is 0 Å². The van der Waals surface area contributed by atoms with E-state index in [4.69, 9.17) is 11.6 Å². The van der Waals surface area contributed by atoms with E-state index in [1.807, 2.05) is 69.3 Å². The molecule has 0 aromatic heterocycles. The Labute approximate surface area is 251 Å². The highest BCUT2D eigenvalue weighted by atomic mass is 35.5. The largest absolute Gasteiger partial charge is 0.352 e. The summed E-state index contributed by atoms with van der Waals surface area (Å²) in [7, 11) is 0. The third kappa shape index (κ3) is 6.19. The van der Waals surface area contributed by atoms with Crippen LogP contribution >= 0.6 is 11.6 Å². The summed E-state index contributed by atoms with van der Waals surface area (Å²) >= 11 is 6.26. The van der Waals surface area contributed by atoms with Gasteiger partial charge in [0.1, 0.15) is 6.54 Å². The second kappa shape index (κ2) is 12.4. The van der Waals surface area contributed by atoms with E-state index in [-0.39, 0.29) is 37.2 Å². The standard InChI is InChI=1S/C33H35ClN4O4/c1-20-8-12-25(13-9-20)38-32(41)26-14-11-23(31(40)35-18-24-6-4-5-7-27(24)34)17-29(26)37(33(38)42)19-30(39)36-28-15-10-21(2)16-22(28)3/h4-10,12-13,15-16,23,26,29H,11,14,17-19H2,1-3H3,(H,35,40)(H,36,39). The van der Waals surface area contributed by atoms with Crippen LogP contribution in [0.15, 0.2) is 66.7 Å². The van der Waals surface area contributed by atoms with Crippen molar-refractivity contribution < 1.29 is 19.2 Å². The molecular weight excluding hydrogens is 552 g/mol. The summed E-state index contributed by atoms with van der Waals surface area (Å²) in [5.41, 5.74) is 4.93. The molecule has 0 radical (unpaired) electrons. The average molecular weight is 587 g/mol. The summed E-state index contributed by atoms with van der Waals surface area (Å²) < 4.78 is 0. The van der Waals surface area contributed by atoms with Crippen molar-refractivity contribution in [2.24, 2.45) is 11.8 Å². The number of nitrogens with zero attached hydrogens (tertiary/aromatic N) is 2. The number of aryl methyl sites for hydroxylation is 3. The number of hydrogen-bond acceptors (Lipinski definition) is 4. The maximum atomic E-state index is 13.9. The first-order valence-electron chi connectivity index (χ1n) is 14.2. The number of benzene rings is 3. The Bertz CT molecular complexity index is 1520. The number of rotatable bonds is 7. The fourth-order valence-electron chi connectivity index (χ4n) is 5.93. The lowest BCUT2D eigenvalue weighted by molar-refractivity contribution is -0.133. The summed E-state index contributed by atoms with van der Waals surface area (Å²) in [6.45, 7) is 5.86. The third-order valence-electron chi connectivity index (χ3n) is 8.24. The molecule has 3 aromatic rings. The maximum absolute atomic E-state index is 13.9. The van der Waals surface area contributed by atoms with Gasteiger partial charge in [-0.25, -0.2) is 9.69 Å². The smallest absolute Gasteiger partial charge is 0.332 e. The van der Waals surface area contributed by atoms with E-state index in [1.165, 1.54) is 9.80 Å². The van der Waals surface area contributed by atoms with E-state index in [0.29, 0.717) is 29.2 Å². The van der Waals surface area contributed by atoms with Crippen LogP contribution in [0.4, 0.5) is 16.2 Å². The molecular formula is C33H35ClN4O4. The lowest BCUT2D eigenvalue weighted by Crippen LogP contribution is -2.65. The predicted molar refractivity (Wildman–Crippen MR) is 163 cm³/mol. The van der Waals surface area contributed by atoms with Crippen molar-refractivity contribution in [1.29, 1.82) is 0 Å². The minimum Gasteiger partial charge on any atom is -0.352 e. The van der Waals surface area contributed by atoms with Crippen LogP contribution in [0.2, 0.25) is 5.02 Å². The van der Waals surface area contributed by atoms with E-state index in [1.54, 1.807) is 18.2 Å². The van der Waals surface area contributed by atoms with Gasteiger partial charge in [-0.15, -0.1) is 0 Å². The van der Waals surface area contributed by atoms with Gasteiger partial charge >= 0.3 is 6.03 Å². The Kier molecular flexibility index (Phi) is 8.64. The Morgan fingerprint density at radius 1 is 0.929 bits per heavy atom. The van der Waals surface area contributed by atoms with E-state index >= 15 is 0 Å². The molecule has 3 aromatic carbocycles. The second-order valence-corrected chi connectivity index (χ2v) is 11.7. The first-order chi connectivity index (χ1) is 20.1. The van der Waals surface area contributed by atoms with Crippen LogP contribution in [0.5, 0.6) is 0 Å². The monoisotopic (exact) mass is 586 g/mol. The predicted octanol–water partition coefficient (Wildman–Crippen LogP) is 5.77. The molecule has 9 heteroatoms. The van der Waals surface area contributed by atoms with Crippen molar-refractivity contribution >= 4 is 46.7 Å². The van der Waals surface area contributed by atoms with Gasteiger partial charge in [-0.2, -0.15) is 0 Å². The number of halogens is 1. The summed E-state index contributed by atoms with van der Waals surface area (Å²) in [5.74, 6) is -1.75. The quantitative estimate of drug-likeness (QED) is 0.367. The first-order valence-corrected chi connectivity index (χ1v) is 14.6. The number of imide groups is 1. The zero-order valence-electron chi connectivity index (χ0n) is 24.0. The molecule has 42 heavy (non-hydrogen) atoms. The number of urea groups is 1. The average Bonchev–Trinajstić information content (AvgIpc) is 2.97. The molecule has 2 aliphatic rings. The van der Waals surface area contributed by atoms with E-state index in [9.17, 15) is 19.2 Å². The fraction of sp³-hybridized carbons (Fsp3) is 0.333. The van der Waals surface area contributed by atoms with Gasteiger partial charge < -0.3 is 15.5 Å². The van der Waals surface area contributed by atoms with Gasteiger partial charge in [-0.05, 0) is 75.4 Å². The van der Waals surface area contributed by atoms with Crippen LogP contribution in [-0.2, 0) is 20.9 Å². The van der Waals surface area contributed by atoms with E-state index < -0.39 is 23.9 Å². The topological polar surface area (TPSA) is 98.8 Å². The van der Waals surface area contributed by atoms with Gasteiger partial charge in [-0.3, -0.25) is 14.4 Å². The van der Waals surface area contributed by atoms with Crippen molar-refractivity contribution in [3.05, 3.63) is 94.0 Å². The third-order valence-corrected chi connectivity index (χ3v) is 8.60. The minimum absolute atomic E-state index is 0.158. The van der Waals surface area contributed by atoms with Gasteiger partial charge in [0, 0.05) is 29.2 Å². The van der Waals surface area contributed by atoms with Gasteiger partial charge in [-0.1, -0.05) is 65.2 Å².